The number of amides is 1. The van der Waals surface area contributed by atoms with Crippen molar-refractivity contribution in [2.45, 2.75) is 39.7 Å². The molecular formula is C13H23N3O. The highest BCUT2D eigenvalue weighted by Gasteiger charge is 2.25. The van der Waals surface area contributed by atoms with Crippen LogP contribution in [0.5, 0.6) is 0 Å². The van der Waals surface area contributed by atoms with Crippen molar-refractivity contribution in [2.75, 3.05) is 26.2 Å². The van der Waals surface area contributed by atoms with Crippen LogP contribution in [0.15, 0.2) is 0 Å². The Morgan fingerprint density at radius 1 is 1.29 bits per heavy atom. The third kappa shape index (κ3) is 4.01. The monoisotopic (exact) mass is 237 g/mol. The highest BCUT2D eigenvalue weighted by Crippen LogP contribution is 2.11. The van der Waals surface area contributed by atoms with Crippen molar-refractivity contribution < 1.29 is 4.79 Å². The summed E-state index contributed by atoms with van der Waals surface area (Å²) in [6, 6.07) is 2.33. The molecule has 4 nitrogen and oxygen atoms in total. The van der Waals surface area contributed by atoms with Gasteiger partial charge in [-0.05, 0) is 12.3 Å². The fourth-order valence-corrected chi connectivity index (χ4v) is 2.19. The SMILES string of the molecule is CCC(C#N)N1CCN(C(=O)CC(C)C)CC1. The highest BCUT2D eigenvalue weighted by molar-refractivity contribution is 5.76. The van der Waals surface area contributed by atoms with Crippen LogP contribution in [0.1, 0.15) is 33.6 Å². The summed E-state index contributed by atoms with van der Waals surface area (Å²) in [4.78, 5) is 16.0. The summed E-state index contributed by atoms with van der Waals surface area (Å²) in [6.07, 6.45) is 1.49. The van der Waals surface area contributed by atoms with Crippen LogP contribution in [0.4, 0.5) is 0 Å². The minimum Gasteiger partial charge on any atom is -0.340 e. The largest absolute Gasteiger partial charge is 0.340 e. The first-order chi connectivity index (χ1) is 8.08. The third-order valence-corrected chi connectivity index (χ3v) is 3.23. The number of piperazine rings is 1. The number of carbonyl (C=O) groups is 1. The van der Waals surface area contributed by atoms with Gasteiger partial charge in [0.15, 0.2) is 0 Å². The van der Waals surface area contributed by atoms with Crippen LogP contribution in [-0.2, 0) is 4.79 Å². The maximum absolute atomic E-state index is 11.9. The molecule has 0 saturated carbocycles. The molecule has 0 aliphatic carbocycles. The fraction of sp³-hybridized carbons (Fsp3) is 0.846. The molecule has 1 aliphatic heterocycles. The van der Waals surface area contributed by atoms with Crippen LogP contribution in [0.3, 0.4) is 0 Å². The molecule has 0 aromatic rings. The van der Waals surface area contributed by atoms with E-state index in [0.717, 1.165) is 32.6 Å². The summed E-state index contributed by atoms with van der Waals surface area (Å²) in [7, 11) is 0. The zero-order valence-corrected chi connectivity index (χ0v) is 11.1. The van der Waals surface area contributed by atoms with E-state index < -0.39 is 0 Å². The molecule has 0 bridgehead atoms. The van der Waals surface area contributed by atoms with E-state index in [1.165, 1.54) is 0 Å². The number of rotatable bonds is 4. The summed E-state index contributed by atoms with van der Waals surface area (Å²) >= 11 is 0. The molecule has 1 rings (SSSR count). The van der Waals surface area contributed by atoms with Gasteiger partial charge in [0.1, 0.15) is 0 Å². The summed E-state index contributed by atoms with van der Waals surface area (Å²) in [5, 5.41) is 9.00. The number of hydrogen-bond donors (Lipinski definition) is 0. The lowest BCUT2D eigenvalue weighted by molar-refractivity contribution is -0.133. The number of carbonyl (C=O) groups excluding carboxylic acids is 1. The smallest absolute Gasteiger partial charge is 0.222 e. The van der Waals surface area contributed by atoms with Gasteiger partial charge in [-0.15, -0.1) is 0 Å². The molecule has 96 valence electrons. The molecule has 17 heavy (non-hydrogen) atoms. The molecule has 1 saturated heterocycles. The Hall–Kier alpha value is -1.08. The van der Waals surface area contributed by atoms with Crippen LogP contribution in [0.2, 0.25) is 0 Å². The molecule has 1 aliphatic rings. The van der Waals surface area contributed by atoms with Crippen molar-refractivity contribution in [3.63, 3.8) is 0 Å². The minimum atomic E-state index is 0.0114. The Balaban J connectivity index is 2.40. The molecule has 1 heterocycles. The maximum atomic E-state index is 11.9. The highest BCUT2D eigenvalue weighted by atomic mass is 16.2. The van der Waals surface area contributed by atoms with Crippen LogP contribution in [-0.4, -0.2) is 47.9 Å². The predicted molar refractivity (Wildman–Crippen MR) is 67.3 cm³/mol. The quantitative estimate of drug-likeness (QED) is 0.744. The van der Waals surface area contributed by atoms with Crippen molar-refractivity contribution >= 4 is 5.91 Å². The Morgan fingerprint density at radius 3 is 2.29 bits per heavy atom. The van der Waals surface area contributed by atoms with Gasteiger partial charge >= 0.3 is 0 Å². The Morgan fingerprint density at radius 2 is 1.88 bits per heavy atom. The molecule has 4 heteroatoms. The molecule has 0 spiro atoms. The van der Waals surface area contributed by atoms with E-state index in [2.05, 4.69) is 24.8 Å². The van der Waals surface area contributed by atoms with Crippen LogP contribution >= 0.6 is 0 Å². The fourth-order valence-electron chi connectivity index (χ4n) is 2.19. The topological polar surface area (TPSA) is 47.3 Å². The standard InChI is InChI=1S/C13H23N3O/c1-4-12(10-14)15-5-7-16(8-6-15)13(17)9-11(2)3/h11-12H,4-9H2,1-3H3. The lowest BCUT2D eigenvalue weighted by Crippen LogP contribution is -2.51. The lowest BCUT2D eigenvalue weighted by Gasteiger charge is -2.36. The molecule has 1 fully saturated rings. The molecule has 1 unspecified atom stereocenters. The van der Waals surface area contributed by atoms with Crippen LogP contribution < -0.4 is 0 Å². The van der Waals surface area contributed by atoms with E-state index in [0.29, 0.717) is 12.3 Å². The van der Waals surface area contributed by atoms with E-state index in [1.807, 2.05) is 11.8 Å². The van der Waals surface area contributed by atoms with Gasteiger partial charge in [0, 0.05) is 32.6 Å². The first-order valence-corrected chi connectivity index (χ1v) is 6.49. The Kier molecular flexibility index (Phi) is 5.43. The number of nitrogens with zero attached hydrogens (tertiary/aromatic N) is 3. The normalized spacial score (nSPS) is 19.1. The minimum absolute atomic E-state index is 0.0114. The van der Waals surface area contributed by atoms with Crippen molar-refractivity contribution in [1.82, 2.24) is 9.80 Å². The zero-order chi connectivity index (χ0) is 12.8. The van der Waals surface area contributed by atoms with Crippen LogP contribution in [0.25, 0.3) is 0 Å². The van der Waals surface area contributed by atoms with Crippen molar-refractivity contribution in [1.29, 1.82) is 5.26 Å². The summed E-state index contributed by atoms with van der Waals surface area (Å²) < 4.78 is 0. The van der Waals surface area contributed by atoms with Crippen molar-refractivity contribution in [2.24, 2.45) is 5.92 Å². The second-order valence-electron chi connectivity index (χ2n) is 5.07. The number of nitriles is 1. The van der Waals surface area contributed by atoms with Crippen molar-refractivity contribution in [3.05, 3.63) is 0 Å². The van der Waals surface area contributed by atoms with Gasteiger partial charge in [-0.25, -0.2) is 0 Å². The average molecular weight is 237 g/mol. The van der Waals surface area contributed by atoms with Gasteiger partial charge in [0.25, 0.3) is 0 Å². The van der Waals surface area contributed by atoms with Gasteiger partial charge in [-0.2, -0.15) is 5.26 Å². The van der Waals surface area contributed by atoms with Gasteiger partial charge in [-0.3, -0.25) is 9.69 Å². The maximum Gasteiger partial charge on any atom is 0.222 e. The predicted octanol–water partition coefficient (Wildman–Crippen LogP) is 1.48. The lowest BCUT2D eigenvalue weighted by atomic mass is 10.1. The van der Waals surface area contributed by atoms with E-state index in [1.54, 1.807) is 0 Å². The molecule has 0 N–H and O–H groups in total. The number of hydrogen-bond acceptors (Lipinski definition) is 3. The zero-order valence-electron chi connectivity index (χ0n) is 11.1. The average Bonchev–Trinajstić information content (AvgIpc) is 2.30. The molecule has 1 atom stereocenters. The van der Waals surface area contributed by atoms with Gasteiger partial charge in [0.05, 0.1) is 12.1 Å². The molecular weight excluding hydrogens is 214 g/mol. The second-order valence-corrected chi connectivity index (χ2v) is 5.07. The first kappa shape index (κ1) is 14.0. The van der Waals surface area contributed by atoms with Gasteiger partial charge in [-0.1, -0.05) is 20.8 Å². The first-order valence-electron chi connectivity index (χ1n) is 6.49. The summed E-state index contributed by atoms with van der Waals surface area (Å²) in [6.45, 7) is 9.36. The third-order valence-electron chi connectivity index (χ3n) is 3.23. The van der Waals surface area contributed by atoms with Gasteiger partial charge < -0.3 is 4.90 Å². The summed E-state index contributed by atoms with van der Waals surface area (Å²) in [5.74, 6) is 0.674. The molecule has 1 amide bonds. The van der Waals surface area contributed by atoms with E-state index in [4.69, 9.17) is 5.26 Å². The van der Waals surface area contributed by atoms with Gasteiger partial charge in [0.2, 0.25) is 5.91 Å². The van der Waals surface area contributed by atoms with E-state index in [-0.39, 0.29) is 11.9 Å². The van der Waals surface area contributed by atoms with Crippen molar-refractivity contribution in [3.8, 4) is 6.07 Å². The Bertz CT molecular complexity index is 288. The second kappa shape index (κ2) is 6.61. The van der Waals surface area contributed by atoms with E-state index in [9.17, 15) is 4.79 Å². The molecule has 0 radical (unpaired) electrons. The Labute approximate surface area is 104 Å². The van der Waals surface area contributed by atoms with E-state index >= 15 is 0 Å². The summed E-state index contributed by atoms with van der Waals surface area (Å²) in [5.41, 5.74) is 0. The van der Waals surface area contributed by atoms with Crippen LogP contribution in [0, 0.1) is 17.2 Å². The molecule has 0 aromatic carbocycles. The molecule has 0 aromatic heterocycles.